The van der Waals surface area contributed by atoms with E-state index in [4.69, 9.17) is 0 Å². The lowest BCUT2D eigenvalue weighted by Crippen LogP contribution is -2.56. The Kier molecular flexibility index (Phi) is 6.15. The number of nitrogens with one attached hydrogen (secondary N) is 1. The van der Waals surface area contributed by atoms with E-state index in [1.807, 2.05) is 36.4 Å². The van der Waals surface area contributed by atoms with E-state index in [2.05, 4.69) is 39.4 Å². The Morgan fingerprint density at radius 3 is 2.70 bits per heavy atom. The maximum atomic E-state index is 12.7. The number of hydrogen-bond acceptors (Lipinski definition) is 6. The fraction of sp³-hybridized carbons (Fsp3) is 0.273. The minimum atomic E-state index is -0.657. The molecule has 0 bridgehead atoms. The average Bonchev–Trinajstić information content (AvgIpc) is 3.24. The highest BCUT2D eigenvalue weighted by Gasteiger charge is 2.30. The van der Waals surface area contributed by atoms with Gasteiger partial charge in [-0.2, -0.15) is 0 Å². The molecule has 1 unspecified atom stereocenters. The number of nitrogens with zero attached hydrogens (tertiary/aromatic N) is 4. The van der Waals surface area contributed by atoms with Crippen molar-refractivity contribution in [1.29, 1.82) is 0 Å². The van der Waals surface area contributed by atoms with Crippen LogP contribution in [0, 0.1) is 0 Å². The van der Waals surface area contributed by atoms with E-state index >= 15 is 0 Å². The van der Waals surface area contributed by atoms with Crippen molar-refractivity contribution in [2.24, 2.45) is 0 Å². The zero-order valence-corrected chi connectivity index (χ0v) is 17.5. The van der Waals surface area contributed by atoms with E-state index in [0.29, 0.717) is 23.9 Å². The maximum absolute atomic E-state index is 12.7. The summed E-state index contributed by atoms with van der Waals surface area (Å²) in [7, 11) is 2.06. The molecular weight excluding hydrogens is 398 g/mol. The lowest BCUT2D eigenvalue weighted by molar-refractivity contribution is -0.145. The van der Waals surface area contributed by atoms with Gasteiger partial charge in [-0.3, -0.25) is 19.5 Å². The van der Waals surface area contributed by atoms with Gasteiger partial charge in [-0.25, -0.2) is 4.98 Å². The summed E-state index contributed by atoms with van der Waals surface area (Å²) in [6.45, 7) is 1.79. The van der Waals surface area contributed by atoms with Gasteiger partial charge in [0.2, 0.25) is 0 Å². The first-order chi connectivity index (χ1) is 14.6. The van der Waals surface area contributed by atoms with E-state index in [1.165, 1.54) is 16.9 Å². The highest BCUT2D eigenvalue weighted by molar-refractivity contribution is 7.13. The molecule has 1 aliphatic rings. The van der Waals surface area contributed by atoms with Gasteiger partial charge >= 0.3 is 11.8 Å². The van der Waals surface area contributed by atoms with E-state index in [0.717, 1.165) is 18.7 Å². The standard InChI is InChI=1S/C22H23N5O2S/c1-26-11-12-27(14-17(26)13-16-7-3-2-4-8-16)22(29)20(28)24-19-15-30-21(25-19)18-9-5-6-10-23-18/h2-10,15,17H,11-14H2,1H3,(H,24,28). The fourth-order valence-corrected chi connectivity index (χ4v) is 4.22. The molecule has 1 N–H and O–H groups in total. The number of pyridine rings is 1. The Bertz CT molecular complexity index is 1010. The van der Waals surface area contributed by atoms with Crippen LogP contribution in [0.1, 0.15) is 5.56 Å². The minimum absolute atomic E-state index is 0.174. The summed E-state index contributed by atoms with van der Waals surface area (Å²) < 4.78 is 0. The topological polar surface area (TPSA) is 78.4 Å². The molecule has 1 fully saturated rings. The number of anilines is 1. The molecule has 0 aliphatic carbocycles. The van der Waals surface area contributed by atoms with Crippen molar-refractivity contribution in [1.82, 2.24) is 19.8 Å². The lowest BCUT2D eigenvalue weighted by Gasteiger charge is -2.39. The largest absolute Gasteiger partial charge is 0.332 e. The van der Waals surface area contributed by atoms with Crippen LogP contribution in [0.2, 0.25) is 0 Å². The SMILES string of the molecule is CN1CCN(C(=O)C(=O)Nc2csc(-c3ccccn3)n2)CC1Cc1ccccc1. The van der Waals surface area contributed by atoms with Crippen LogP contribution in [0.15, 0.2) is 60.1 Å². The van der Waals surface area contributed by atoms with Crippen molar-refractivity contribution in [3.8, 4) is 10.7 Å². The van der Waals surface area contributed by atoms with E-state index in [9.17, 15) is 9.59 Å². The van der Waals surface area contributed by atoms with Crippen LogP contribution >= 0.6 is 11.3 Å². The Morgan fingerprint density at radius 1 is 1.13 bits per heavy atom. The first kappa shape index (κ1) is 20.2. The number of amides is 2. The molecule has 1 aromatic carbocycles. The highest BCUT2D eigenvalue weighted by atomic mass is 32.1. The molecule has 2 amide bonds. The summed E-state index contributed by atoms with van der Waals surface area (Å²) >= 11 is 1.37. The summed E-state index contributed by atoms with van der Waals surface area (Å²) in [5, 5.41) is 5.05. The summed E-state index contributed by atoms with van der Waals surface area (Å²) in [4.78, 5) is 37.8. The van der Waals surface area contributed by atoms with Gasteiger partial charge in [0.25, 0.3) is 0 Å². The van der Waals surface area contributed by atoms with Crippen molar-refractivity contribution >= 4 is 29.0 Å². The number of benzene rings is 1. The lowest BCUT2D eigenvalue weighted by atomic mass is 10.0. The number of piperazine rings is 1. The van der Waals surface area contributed by atoms with Gasteiger partial charge in [-0.05, 0) is 31.2 Å². The first-order valence-corrected chi connectivity index (χ1v) is 10.7. The summed E-state index contributed by atoms with van der Waals surface area (Å²) in [5.74, 6) is -0.807. The molecule has 30 heavy (non-hydrogen) atoms. The van der Waals surface area contributed by atoms with Gasteiger partial charge < -0.3 is 10.2 Å². The van der Waals surface area contributed by atoms with Gasteiger partial charge in [0.05, 0.1) is 5.69 Å². The van der Waals surface area contributed by atoms with Crippen LogP contribution in [-0.4, -0.2) is 64.3 Å². The summed E-state index contributed by atoms with van der Waals surface area (Å²) in [6, 6.07) is 15.9. The van der Waals surface area contributed by atoms with Crippen molar-refractivity contribution in [2.45, 2.75) is 12.5 Å². The summed E-state index contributed by atoms with van der Waals surface area (Å²) in [6.07, 6.45) is 2.53. The predicted molar refractivity (Wildman–Crippen MR) is 117 cm³/mol. The van der Waals surface area contributed by atoms with Gasteiger partial charge in [0.15, 0.2) is 0 Å². The van der Waals surface area contributed by atoms with Gasteiger partial charge in [-0.15, -0.1) is 11.3 Å². The van der Waals surface area contributed by atoms with Crippen molar-refractivity contribution in [2.75, 3.05) is 32.0 Å². The smallest absolute Gasteiger partial charge is 0.315 e. The molecule has 8 heteroatoms. The van der Waals surface area contributed by atoms with Crippen LogP contribution < -0.4 is 5.32 Å². The minimum Gasteiger partial charge on any atom is -0.332 e. The number of thiazole rings is 1. The molecule has 2 aromatic heterocycles. The Hall–Kier alpha value is -3.10. The first-order valence-electron chi connectivity index (χ1n) is 9.81. The molecule has 1 aliphatic heterocycles. The highest BCUT2D eigenvalue weighted by Crippen LogP contribution is 2.24. The van der Waals surface area contributed by atoms with Crippen molar-refractivity contribution in [3.05, 3.63) is 65.7 Å². The monoisotopic (exact) mass is 421 g/mol. The molecule has 7 nitrogen and oxygen atoms in total. The number of aromatic nitrogens is 2. The molecule has 1 saturated heterocycles. The average molecular weight is 422 g/mol. The third-order valence-corrected chi connectivity index (χ3v) is 6.07. The van der Waals surface area contributed by atoms with Crippen molar-refractivity contribution in [3.63, 3.8) is 0 Å². The molecule has 0 spiro atoms. The second kappa shape index (κ2) is 9.15. The molecule has 3 heterocycles. The molecule has 1 atom stereocenters. The van der Waals surface area contributed by atoms with Gasteiger partial charge in [0.1, 0.15) is 10.8 Å². The third kappa shape index (κ3) is 4.72. The fourth-order valence-electron chi connectivity index (χ4n) is 3.49. The normalized spacial score (nSPS) is 17.0. The number of rotatable bonds is 4. The quantitative estimate of drug-likeness (QED) is 0.655. The van der Waals surface area contributed by atoms with Crippen LogP contribution in [-0.2, 0) is 16.0 Å². The number of hydrogen-bond donors (Lipinski definition) is 1. The van der Waals surface area contributed by atoms with E-state index < -0.39 is 11.8 Å². The van der Waals surface area contributed by atoms with Crippen LogP contribution in [0.5, 0.6) is 0 Å². The molecule has 4 rings (SSSR count). The second-order valence-corrected chi connectivity index (χ2v) is 8.14. The van der Waals surface area contributed by atoms with E-state index in [-0.39, 0.29) is 6.04 Å². The molecule has 0 saturated carbocycles. The molecular formula is C22H23N5O2S. The zero-order valence-electron chi connectivity index (χ0n) is 16.7. The van der Waals surface area contributed by atoms with Crippen LogP contribution in [0.3, 0.4) is 0 Å². The zero-order chi connectivity index (χ0) is 20.9. The van der Waals surface area contributed by atoms with Gasteiger partial charge in [-0.1, -0.05) is 36.4 Å². The number of carbonyl (C=O) groups is 2. The Balaban J connectivity index is 1.37. The van der Waals surface area contributed by atoms with E-state index in [1.54, 1.807) is 16.5 Å². The van der Waals surface area contributed by atoms with Crippen molar-refractivity contribution < 1.29 is 9.59 Å². The number of carbonyl (C=O) groups excluding carboxylic acids is 2. The Morgan fingerprint density at radius 2 is 1.93 bits per heavy atom. The number of likely N-dealkylation sites (N-methyl/N-ethyl adjacent to an activating group) is 1. The summed E-state index contributed by atoms with van der Waals surface area (Å²) in [5.41, 5.74) is 1.95. The van der Waals surface area contributed by atoms with Gasteiger partial charge in [0, 0.05) is 37.3 Å². The molecule has 3 aromatic rings. The second-order valence-electron chi connectivity index (χ2n) is 7.28. The Labute approximate surface area is 179 Å². The van der Waals surface area contributed by atoms with Crippen LogP contribution in [0.25, 0.3) is 10.7 Å². The molecule has 154 valence electrons. The predicted octanol–water partition coefficient (Wildman–Crippen LogP) is 2.53. The molecule has 0 radical (unpaired) electrons. The maximum Gasteiger partial charge on any atom is 0.315 e. The van der Waals surface area contributed by atoms with Crippen LogP contribution in [0.4, 0.5) is 5.82 Å². The third-order valence-electron chi connectivity index (χ3n) is 5.20.